The highest BCUT2D eigenvalue weighted by Gasteiger charge is 2.16. The van der Waals surface area contributed by atoms with Crippen molar-refractivity contribution in [2.75, 3.05) is 0 Å². The van der Waals surface area contributed by atoms with Gasteiger partial charge in [-0.2, -0.15) is 0 Å². The standard InChI is InChI=1S/C13H10BrF3N2/c14-11-2-1-7(5-12(11)17)13(19-18)8-3-9(15)6-10(16)4-8/h1-6,13,19H,18H2. The molecule has 0 heterocycles. The zero-order valence-electron chi connectivity index (χ0n) is 9.63. The van der Waals surface area contributed by atoms with E-state index >= 15 is 0 Å². The maximum atomic E-state index is 13.5. The third-order valence-electron chi connectivity index (χ3n) is 2.66. The molecule has 2 rings (SSSR count). The first-order valence-electron chi connectivity index (χ1n) is 5.38. The van der Waals surface area contributed by atoms with Gasteiger partial charge in [-0.25, -0.2) is 18.6 Å². The van der Waals surface area contributed by atoms with E-state index in [1.165, 1.54) is 12.1 Å². The molecule has 6 heteroatoms. The molecule has 0 saturated heterocycles. The van der Waals surface area contributed by atoms with Crippen molar-refractivity contribution in [1.82, 2.24) is 5.43 Å². The van der Waals surface area contributed by atoms with Gasteiger partial charge < -0.3 is 0 Å². The smallest absolute Gasteiger partial charge is 0.137 e. The Morgan fingerprint density at radius 1 is 0.947 bits per heavy atom. The summed E-state index contributed by atoms with van der Waals surface area (Å²) in [5.74, 6) is 3.49. The van der Waals surface area contributed by atoms with Crippen molar-refractivity contribution in [2.45, 2.75) is 6.04 Å². The lowest BCUT2D eigenvalue weighted by atomic mass is 9.99. The molecule has 0 aliphatic heterocycles. The molecular weight excluding hydrogens is 321 g/mol. The second-order valence-electron chi connectivity index (χ2n) is 3.98. The van der Waals surface area contributed by atoms with Crippen LogP contribution in [-0.2, 0) is 0 Å². The minimum atomic E-state index is -0.715. The third kappa shape index (κ3) is 3.15. The Kier molecular flexibility index (Phi) is 4.24. The molecule has 1 unspecified atom stereocenters. The van der Waals surface area contributed by atoms with Gasteiger partial charge in [0, 0.05) is 6.07 Å². The van der Waals surface area contributed by atoms with E-state index in [0.29, 0.717) is 10.0 Å². The first-order valence-corrected chi connectivity index (χ1v) is 6.17. The molecule has 0 aliphatic carbocycles. The quantitative estimate of drug-likeness (QED) is 0.668. The number of hydrazine groups is 1. The summed E-state index contributed by atoms with van der Waals surface area (Å²) in [5, 5.41) is 0. The zero-order valence-corrected chi connectivity index (χ0v) is 11.2. The lowest BCUT2D eigenvalue weighted by Crippen LogP contribution is -2.29. The van der Waals surface area contributed by atoms with Crippen LogP contribution in [0.4, 0.5) is 13.2 Å². The Bertz CT molecular complexity index is 584. The van der Waals surface area contributed by atoms with Gasteiger partial charge in [0.1, 0.15) is 17.5 Å². The van der Waals surface area contributed by atoms with E-state index < -0.39 is 23.5 Å². The van der Waals surface area contributed by atoms with E-state index in [9.17, 15) is 13.2 Å². The fourth-order valence-electron chi connectivity index (χ4n) is 1.82. The van der Waals surface area contributed by atoms with E-state index in [1.54, 1.807) is 6.07 Å². The van der Waals surface area contributed by atoms with Crippen LogP contribution in [0.15, 0.2) is 40.9 Å². The predicted molar refractivity (Wildman–Crippen MR) is 69.6 cm³/mol. The van der Waals surface area contributed by atoms with Crippen LogP contribution in [0, 0.1) is 17.5 Å². The number of hydrogen-bond donors (Lipinski definition) is 2. The predicted octanol–water partition coefficient (Wildman–Crippen LogP) is 3.42. The van der Waals surface area contributed by atoms with E-state index in [4.69, 9.17) is 5.84 Å². The van der Waals surface area contributed by atoms with Gasteiger partial charge in [0.25, 0.3) is 0 Å². The van der Waals surface area contributed by atoms with Crippen LogP contribution in [-0.4, -0.2) is 0 Å². The SMILES string of the molecule is NNC(c1cc(F)cc(F)c1)c1ccc(Br)c(F)c1. The maximum absolute atomic E-state index is 13.5. The van der Waals surface area contributed by atoms with Crippen molar-refractivity contribution in [3.05, 3.63) is 69.4 Å². The largest absolute Gasteiger partial charge is 0.271 e. The second kappa shape index (κ2) is 5.73. The Hall–Kier alpha value is -1.37. The van der Waals surface area contributed by atoms with E-state index in [2.05, 4.69) is 21.4 Å². The number of hydrogen-bond acceptors (Lipinski definition) is 2. The molecule has 1 atom stereocenters. The highest BCUT2D eigenvalue weighted by Crippen LogP contribution is 2.26. The molecule has 100 valence electrons. The summed E-state index contributed by atoms with van der Waals surface area (Å²) in [4.78, 5) is 0. The first kappa shape index (κ1) is 14.0. The van der Waals surface area contributed by atoms with E-state index in [-0.39, 0.29) is 5.56 Å². The van der Waals surface area contributed by atoms with Gasteiger partial charge in [-0.3, -0.25) is 5.84 Å². The normalized spacial score (nSPS) is 12.5. The molecule has 0 radical (unpaired) electrons. The van der Waals surface area contributed by atoms with Crippen molar-refractivity contribution in [1.29, 1.82) is 0 Å². The molecule has 19 heavy (non-hydrogen) atoms. The average molecular weight is 331 g/mol. The number of rotatable bonds is 3. The molecule has 0 saturated carbocycles. The topological polar surface area (TPSA) is 38.0 Å². The summed E-state index contributed by atoms with van der Waals surface area (Å²) < 4.78 is 40.2. The summed E-state index contributed by atoms with van der Waals surface area (Å²) in [6, 6.07) is 6.72. The summed E-state index contributed by atoms with van der Waals surface area (Å²) in [5.41, 5.74) is 3.17. The Morgan fingerprint density at radius 3 is 2.11 bits per heavy atom. The molecule has 0 spiro atoms. The van der Waals surface area contributed by atoms with Crippen LogP contribution in [0.1, 0.15) is 17.2 Å². The van der Waals surface area contributed by atoms with Gasteiger partial charge in [-0.15, -0.1) is 0 Å². The summed E-state index contributed by atoms with van der Waals surface area (Å²) >= 11 is 3.03. The van der Waals surface area contributed by atoms with Crippen LogP contribution in [0.25, 0.3) is 0 Å². The van der Waals surface area contributed by atoms with Crippen molar-refractivity contribution >= 4 is 15.9 Å². The van der Waals surface area contributed by atoms with Crippen LogP contribution >= 0.6 is 15.9 Å². The lowest BCUT2D eigenvalue weighted by Gasteiger charge is -2.17. The number of nitrogens with two attached hydrogens (primary N) is 1. The minimum Gasteiger partial charge on any atom is -0.271 e. The van der Waals surface area contributed by atoms with Gasteiger partial charge in [-0.1, -0.05) is 6.07 Å². The minimum absolute atomic E-state index is 0.279. The van der Waals surface area contributed by atoms with Crippen LogP contribution in [0.3, 0.4) is 0 Å². The Labute approximate surface area is 116 Å². The van der Waals surface area contributed by atoms with Gasteiger partial charge in [0.05, 0.1) is 10.5 Å². The third-order valence-corrected chi connectivity index (χ3v) is 3.30. The molecule has 0 aliphatic rings. The van der Waals surface area contributed by atoms with E-state index in [0.717, 1.165) is 18.2 Å². The van der Waals surface area contributed by atoms with Crippen molar-refractivity contribution in [3.8, 4) is 0 Å². The molecule has 2 aromatic carbocycles. The number of halogens is 4. The van der Waals surface area contributed by atoms with Gasteiger partial charge in [0.15, 0.2) is 0 Å². The average Bonchev–Trinajstić information content (AvgIpc) is 2.33. The lowest BCUT2D eigenvalue weighted by molar-refractivity contribution is 0.563. The Balaban J connectivity index is 2.46. The van der Waals surface area contributed by atoms with Gasteiger partial charge in [0.2, 0.25) is 0 Å². The highest BCUT2D eigenvalue weighted by atomic mass is 79.9. The summed E-state index contributed by atoms with van der Waals surface area (Å²) in [6.07, 6.45) is 0. The molecule has 0 aromatic heterocycles. The monoisotopic (exact) mass is 330 g/mol. The summed E-state index contributed by atoms with van der Waals surface area (Å²) in [7, 11) is 0. The van der Waals surface area contributed by atoms with Crippen molar-refractivity contribution in [3.63, 3.8) is 0 Å². The number of benzene rings is 2. The number of nitrogens with one attached hydrogen (secondary N) is 1. The molecule has 0 fully saturated rings. The zero-order chi connectivity index (χ0) is 14.0. The molecular formula is C13H10BrF3N2. The highest BCUT2D eigenvalue weighted by molar-refractivity contribution is 9.10. The van der Waals surface area contributed by atoms with E-state index in [1.807, 2.05) is 0 Å². The van der Waals surface area contributed by atoms with Crippen LogP contribution < -0.4 is 11.3 Å². The molecule has 2 nitrogen and oxygen atoms in total. The molecule has 2 aromatic rings. The van der Waals surface area contributed by atoms with Crippen molar-refractivity contribution < 1.29 is 13.2 Å². The molecule has 0 bridgehead atoms. The fourth-order valence-corrected chi connectivity index (χ4v) is 2.07. The van der Waals surface area contributed by atoms with Crippen LogP contribution in [0.5, 0.6) is 0 Å². The van der Waals surface area contributed by atoms with Crippen LogP contribution in [0.2, 0.25) is 0 Å². The fraction of sp³-hybridized carbons (Fsp3) is 0.0769. The first-order chi connectivity index (χ1) is 9.01. The molecule has 3 N–H and O–H groups in total. The van der Waals surface area contributed by atoms with Crippen molar-refractivity contribution in [2.24, 2.45) is 5.84 Å². The molecule has 0 amide bonds. The summed E-state index contributed by atoms with van der Waals surface area (Å²) in [6.45, 7) is 0. The maximum Gasteiger partial charge on any atom is 0.137 e. The van der Waals surface area contributed by atoms with Gasteiger partial charge >= 0.3 is 0 Å². The second-order valence-corrected chi connectivity index (χ2v) is 4.83. The van der Waals surface area contributed by atoms with Gasteiger partial charge in [-0.05, 0) is 51.3 Å². The Morgan fingerprint density at radius 2 is 1.58 bits per heavy atom.